The SMILES string of the molecule is Nc1ccc(-n2nc(-c3ccc(C(=O)O)cc3)c3ccccc32)cc1. The van der Waals surface area contributed by atoms with E-state index >= 15 is 0 Å². The van der Waals surface area contributed by atoms with Gasteiger partial charge in [0.2, 0.25) is 0 Å². The van der Waals surface area contributed by atoms with Crippen LogP contribution in [0.5, 0.6) is 0 Å². The van der Waals surface area contributed by atoms with Crippen molar-refractivity contribution in [1.29, 1.82) is 0 Å². The smallest absolute Gasteiger partial charge is 0.335 e. The molecule has 5 nitrogen and oxygen atoms in total. The molecule has 0 bridgehead atoms. The van der Waals surface area contributed by atoms with E-state index in [1.807, 2.05) is 53.2 Å². The number of benzene rings is 3. The maximum Gasteiger partial charge on any atom is 0.335 e. The molecule has 1 aromatic heterocycles. The van der Waals surface area contributed by atoms with E-state index in [9.17, 15) is 4.79 Å². The lowest BCUT2D eigenvalue weighted by Gasteiger charge is -2.03. The average molecular weight is 329 g/mol. The normalized spacial score (nSPS) is 10.9. The number of rotatable bonds is 3. The predicted octanol–water partition coefficient (Wildman–Crippen LogP) is 3.97. The van der Waals surface area contributed by atoms with Gasteiger partial charge >= 0.3 is 5.97 Å². The molecule has 4 rings (SSSR count). The second kappa shape index (κ2) is 5.79. The first-order valence-corrected chi connectivity index (χ1v) is 7.81. The van der Waals surface area contributed by atoms with E-state index in [0.29, 0.717) is 5.69 Å². The lowest BCUT2D eigenvalue weighted by molar-refractivity contribution is 0.0697. The van der Waals surface area contributed by atoms with Crippen molar-refractivity contribution < 1.29 is 9.90 Å². The summed E-state index contributed by atoms with van der Waals surface area (Å²) < 4.78 is 1.87. The zero-order valence-corrected chi connectivity index (χ0v) is 13.3. The van der Waals surface area contributed by atoms with Crippen LogP contribution in [-0.2, 0) is 0 Å². The number of nitrogens with zero attached hydrogens (tertiary/aromatic N) is 2. The zero-order chi connectivity index (χ0) is 17.4. The van der Waals surface area contributed by atoms with E-state index in [-0.39, 0.29) is 5.56 Å². The van der Waals surface area contributed by atoms with Crippen molar-refractivity contribution in [1.82, 2.24) is 9.78 Å². The van der Waals surface area contributed by atoms with Crippen LogP contribution in [-0.4, -0.2) is 20.9 Å². The molecule has 4 aromatic rings. The first-order valence-electron chi connectivity index (χ1n) is 7.81. The largest absolute Gasteiger partial charge is 0.478 e. The molecule has 1 heterocycles. The minimum atomic E-state index is -0.941. The minimum Gasteiger partial charge on any atom is -0.478 e. The van der Waals surface area contributed by atoms with Gasteiger partial charge in [-0.15, -0.1) is 0 Å². The summed E-state index contributed by atoms with van der Waals surface area (Å²) in [4.78, 5) is 11.0. The molecule has 0 amide bonds. The van der Waals surface area contributed by atoms with Gasteiger partial charge in [-0.2, -0.15) is 5.10 Å². The fraction of sp³-hybridized carbons (Fsp3) is 0. The van der Waals surface area contributed by atoms with Gasteiger partial charge in [-0.3, -0.25) is 0 Å². The maximum atomic E-state index is 11.0. The molecule has 3 N–H and O–H groups in total. The van der Waals surface area contributed by atoms with Gasteiger partial charge in [-0.05, 0) is 42.5 Å². The van der Waals surface area contributed by atoms with E-state index in [1.165, 1.54) is 0 Å². The number of carbonyl (C=O) groups is 1. The van der Waals surface area contributed by atoms with E-state index in [0.717, 1.165) is 27.8 Å². The van der Waals surface area contributed by atoms with Crippen LogP contribution in [0.1, 0.15) is 10.4 Å². The van der Waals surface area contributed by atoms with Gasteiger partial charge in [0.25, 0.3) is 0 Å². The van der Waals surface area contributed by atoms with Crippen molar-refractivity contribution in [2.45, 2.75) is 0 Å². The fourth-order valence-corrected chi connectivity index (χ4v) is 2.86. The number of carboxylic acid groups (broad SMARTS) is 1. The number of carboxylic acids is 1. The lowest BCUT2D eigenvalue weighted by Crippen LogP contribution is -1.97. The Hall–Kier alpha value is -3.60. The summed E-state index contributed by atoms with van der Waals surface area (Å²) in [6.45, 7) is 0. The number of hydrogen-bond donors (Lipinski definition) is 2. The van der Waals surface area contributed by atoms with Gasteiger partial charge in [-0.25, -0.2) is 9.48 Å². The summed E-state index contributed by atoms with van der Waals surface area (Å²) in [5.41, 5.74) is 10.3. The monoisotopic (exact) mass is 329 g/mol. The molecule has 0 fully saturated rings. The summed E-state index contributed by atoms with van der Waals surface area (Å²) >= 11 is 0. The van der Waals surface area contributed by atoms with Crippen molar-refractivity contribution in [3.8, 4) is 16.9 Å². The highest BCUT2D eigenvalue weighted by atomic mass is 16.4. The Balaban J connectivity index is 1.90. The number of aromatic nitrogens is 2. The highest BCUT2D eigenvalue weighted by Crippen LogP contribution is 2.30. The topological polar surface area (TPSA) is 81.1 Å². The second-order valence-electron chi connectivity index (χ2n) is 5.75. The molecule has 0 aliphatic heterocycles. The number of anilines is 1. The van der Waals surface area contributed by atoms with Crippen molar-refractivity contribution in [3.05, 3.63) is 78.4 Å². The lowest BCUT2D eigenvalue weighted by atomic mass is 10.1. The van der Waals surface area contributed by atoms with Gasteiger partial charge in [0, 0.05) is 16.6 Å². The minimum absolute atomic E-state index is 0.256. The number of fused-ring (bicyclic) bond motifs is 1. The van der Waals surface area contributed by atoms with Crippen LogP contribution in [0.2, 0.25) is 0 Å². The van der Waals surface area contributed by atoms with Gasteiger partial charge in [-0.1, -0.05) is 30.3 Å². The van der Waals surface area contributed by atoms with Crippen LogP contribution in [0.15, 0.2) is 72.8 Å². The number of nitrogens with two attached hydrogens (primary N) is 1. The quantitative estimate of drug-likeness (QED) is 0.557. The Morgan fingerprint density at radius 2 is 1.60 bits per heavy atom. The molecule has 0 unspecified atom stereocenters. The Morgan fingerprint density at radius 1 is 0.920 bits per heavy atom. The number of nitrogen functional groups attached to an aromatic ring is 1. The van der Waals surface area contributed by atoms with Crippen molar-refractivity contribution in [2.75, 3.05) is 5.73 Å². The summed E-state index contributed by atoms with van der Waals surface area (Å²) in [6.07, 6.45) is 0. The molecular weight excluding hydrogens is 314 g/mol. The van der Waals surface area contributed by atoms with E-state index in [2.05, 4.69) is 0 Å². The van der Waals surface area contributed by atoms with Gasteiger partial charge in [0.05, 0.1) is 16.8 Å². The molecule has 0 atom stereocenters. The van der Waals surface area contributed by atoms with Crippen LogP contribution >= 0.6 is 0 Å². The van der Waals surface area contributed by atoms with Crippen LogP contribution in [0.4, 0.5) is 5.69 Å². The summed E-state index contributed by atoms with van der Waals surface area (Å²) in [6, 6.07) is 22.2. The van der Waals surface area contributed by atoms with Crippen LogP contribution in [0, 0.1) is 0 Å². The highest BCUT2D eigenvalue weighted by molar-refractivity contribution is 5.95. The molecule has 0 saturated heterocycles. The first-order chi connectivity index (χ1) is 12.1. The highest BCUT2D eigenvalue weighted by Gasteiger charge is 2.13. The maximum absolute atomic E-state index is 11.0. The third kappa shape index (κ3) is 2.61. The van der Waals surface area contributed by atoms with Crippen LogP contribution in [0.25, 0.3) is 27.8 Å². The second-order valence-corrected chi connectivity index (χ2v) is 5.75. The van der Waals surface area contributed by atoms with Crippen molar-refractivity contribution in [2.24, 2.45) is 0 Å². The Morgan fingerprint density at radius 3 is 2.28 bits per heavy atom. The Bertz CT molecular complexity index is 1060. The Labute approximate surface area is 143 Å². The van der Waals surface area contributed by atoms with Gasteiger partial charge in [0.1, 0.15) is 5.69 Å². The number of para-hydroxylation sites is 1. The van der Waals surface area contributed by atoms with E-state index in [1.54, 1.807) is 24.3 Å². The van der Waals surface area contributed by atoms with Gasteiger partial charge < -0.3 is 10.8 Å². The summed E-state index contributed by atoms with van der Waals surface area (Å²) in [5.74, 6) is -0.941. The summed E-state index contributed by atoms with van der Waals surface area (Å²) in [5, 5.41) is 14.8. The fourth-order valence-electron chi connectivity index (χ4n) is 2.86. The predicted molar refractivity (Wildman–Crippen MR) is 97.9 cm³/mol. The zero-order valence-electron chi connectivity index (χ0n) is 13.3. The summed E-state index contributed by atoms with van der Waals surface area (Å²) in [7, 11) is 0. The molecule has 5 heteroatoms. The van der Waals surface area contributed by atoms with Crippen molar-refractivity contribution in [3.63, 3.8) is 0 Å². The molecule has 25 heavy (non-hydrogen) atoms. The van der Waals surface area contributed by atoms with E-state index < -0.39 is 5.97 Å². The molecule has 0 aliphatic carbocycles. The van der Waals surface area contributed by atoms with E-state index in [4.69, 9.17) is 15.9 Å². The first kappa shape index (κ1) is 15.0. The van der Waals surface area contributed by atoms with Crippen molar-refractivity contribution >= 4 is 22.6 Å². The molecular formula is C20H15N3O2. The van der Waals surface area contributed by atoms with Crippen LogP contribution < -0.4 is 5.73 Å². The third-order valence-electron chi connectivity index (χ3n) is 4.13. The van der Waals surface area contributed by atoms with Crippen LogP contribution in [0.3, 0.4) is 0 Å². The molecule has 3 aromatic carbocycles. The molecule has 122 valence electrons. The Kier molecular flexibility index (Phi) is 3.47. The molecule has 0 spiro atoms. The number of aromatic carboxylic acids is 1. The third-order valence-corrected chi connectivity index (χ3v) is 4.13. The molecule has 0 radical (unpaired) electrons. The average Bonchev–Trinajstić information content (AvgIpc) is 3.02. The number of hydrogen-bond acceptors (Lipinski definition) is 3. The standard InChI is InChI=1S/C20H15N3O2/c21-15-9-11-16(12-10-15)23-18-4-2-1-3-17(18)19(22-23)13-5-7-14(8-6-13)20(24)25/h1-12H,21H2,(H,24,25). The molecule has 0 saturated carbocycles. The van der Waals surface area contributed by atoms with Gasteiger partial charge in [0.15, 0.2) is 0 Å². The molecule has 0 aliphatic rings.